The minimum absolute atomic E-state index is 0.0173. The molecule has 23 heavy (non-hydrogen) atoms. The highest BCUT2D eigenvalue weighted by Crippen LogP contribution is 2.27. The molecule has 2 rings (SSSR count). The van der Waals surface area contributed by atoms with E-state index in [1.165, 1.54) is 25.7 Å². The Bertz CT molecular complexity index is 646. The van der Waals surface area contributed by atoms with Crippen LogP contribution in [0.25, 0.3) is 6.08 Å². The normalized spacial score (nSPS) is 21.3. The number of ether oxygens (including phenoxy) is 1. The minimum atomic E-state index is -0.349. The van der Waals surface area contributed by atoms with Gasteiger partial charge in [0.1, 0.15) is 11.6 Å². The summed E-state index contributed by atoms with van der Waals surface area (Å²) in [6.45, 7) is 2.13. The summed E-state index contributed by atoms with van der Waals surface area (Å²) in [6, 6.07) is 6.77. The van der Waals surface area contributed by atoms with Gasteiger partial charge in [-0.25, -0.2) is 0 Å². The molecule has 0 heterocycles. The van der Waals surface area contributed by atoms with E-state index >= 15 is 0 Å². The lowest BCUT2D eigenvalue weighted by molar-refractivity contribution is -0.118. The lowest BCUT2D eigenvalue weighted by Crippen LogP contribution is -2.41. The van der Waals surface area contributed by atoms with E-state index in [1.54, 1.807) is 12.1 Å². The average Bonchev–Trinajstić information content (AvgIpc) is 2.56. The zero-order valence-electron chi connectivity index (χ0n) is 13.5. The summed E-state index contributed by atoms with van der Waals surface area (Å²) in [4.78, 5) is 12.3. The molecular formula is C18H22N2O3. The van der Waals surface area contributed by atoms with Crippen molar-refractivity contribution in [3.8, 4) is 17.6 Å². The summed E-state index contributed by atoms with van der Waals surface area (Å²) >= 11 is 0. The summed E-state index contributed by atoms with van der Waals surface area (Å²) in [7, 11) is 1.45. The first-order valence-corrected chi connectivity index (χ1v) is 7.84. The van der Waals surface area contributed by atoms with Gasteiger partial charge in [-0.05, 0) is 42.5 Å². The average molecular weight is 314 g/mol. The van der Waals surface area contributed by atoms with E-state index in [0.717, 1.165) is 19.3 Å². The fraction of sp³-hybridized carbons (Fsp3) is 0.444. The number of nitrogens with one attached hydrogen (secondary N) is 1. The van der Waals surface area contributed by atoms with Gasteiger partial charge in [-0.15, -0.1) is 0 Å². The predicted octanol–water partition coefficient (Wildman–Crippen LogP) is 3.00. The van der Waals surface area contributed by atoms with Crippen molar-refractivity contribution in [3.63, 3.8) is 0 Å². The second-order valence-corrected chi connectivity index (χ2v) is 5.94. The highest BCUT2D eigenvalue weighted by Gasteiger charge is 2.24. The number of carbonyl (C=O) groups is 1. The third kappa shape index (κ3) is 4.26. The third-order valence-corrected chi connectivity index (χ3v) is 4.31. The van der Waals surface area contributed by atoms with Crippen molar-refractivity contribution in [1.82, 2.24) is 5.32 Å². The number of phenolic OH excluding ortho intramolecular Hbond substituents is 1. The maximum atomic E-state index is 12.3. The zero-order valence-corrected chi connectivity index (χ0v) is 13.5. The van der Waals surface area contributed by atoms with Gasteiger partial charge in [0.2, 0.25) is 0 Å². The van der Waals surface area contributed by atoms with Crippen molar-refractivity contribution >= 4 is 12.0 Å². The van der Waals surface area contributed by atoms with E-state index in [-0.39, 0.29) is 23.3 Å². The molecule has 1 aromatic carbocycles. The van der Waals surface area contributed by atoms with E-state index in [0.29, 0.717) is 17.2 Å². The minimum Gasteiger partial charge on any atom is -0.504 e. The zero-order chi connectivity index (χ0) is 16.8. The molecule has 0 aliphatic heterocycles. The van der Waals surface area contributed by atoms with E-state index in [4.69, 9.17) is 4.74 Å². The Morgan fingerprint density at radius 3 is 2.83 bits per heavy atom. The van der Waals surface area contributed by atoms with Crippen molar-refractivity contribution < 1.29 is 14.6 Å². The smallest absolute Gasteiger partial charge is 0.262 e. The lowest BCUT2D eigenvalue weighted by atomic mass is 9.86. The molecule has 0 unspecified atom stereocenters. The van der Waals surface area contributed by atoms with Gasteiger partial charge >= 0.3 is 0 Å². The molecule has 1 fully saturated rings. The fourth-order valence-electron chi connectivity index (χ4n) is 2.88. The Balaban J connectivity index is 2.15. The van der Waals surface area contributed by atoms with E-state index < -0.39 is 0 Å². The number of aromatic hydroxyl groups is 1. The van der Waals surface area contributed by atoms with Gasteiger partial charge in [0, 0.05) is 6.04 Å². The number of nitriles is 1. The van der Waals surface area contributed by atoms with Crippen LogP contribution in [-0.2, 0) is 4.79 Å². The number of hydrogen-bond donors (Lipinski definition) is 2. The van der Waals surface area contributed by atoms with Gasteiger partial charge in [-0.1, -0.05) is 25.8 Å². The van der Waals surface area contributed by atoms with Gasteiger partial charge in [0.05, 0.1) is 7.11 Å². The Morgan fingerprint density at radius 1 is 1.43 bits per heavy atom. The number of hydrogen-bond acceptors (Lipinski definition) is 4. The highest BCUT2D eigenvalue weighted by atomic mass is 16.5. The Morgan fingerprint density at radius 2 is 2.17 bits per heavy atom. The van der Waals surface area contributed by atoms with Gasteiger partial charge in [0.15, 0.2) is 11.5 Å². The largest absolute Gasteiger partial charge is 0.504 e. The van der Waals surface area contributed by atoms with E-state index in [1.807, 2.05) is 6.07 Å². The number of phenols is 1. The Labute approximate surface area is 136 Å². The van der Waals surface area contributed by atoms with Crippen LogP contribution >= 0.6 is 0 Å². The molecule has 1 saturated carbocycles. The summed E-state index contributed by atoms with van der Waals surface area (Å²) < 4.78 is 5.03. The first kappa shape index (κ1) is 16.9. The standard InChI is InChI=1S/C18H22N2O3/c1-12-5-3-4-6-15(12)20-18(22)14(11-19)9-13-7-8-16(21)17(10-13)23-2/h7-10,12,15,21H,3-6H2,1-2H3,(H,20,22)/b14-9+/t12-,15+/m1/s1. The van der Waals surface area contributed by atoms with Crippen LogP contribution in [0.3, 0.4) is 0 Å². The van der Waals surface area contributed by atoms with Crippen molar-refractivity contribution in [3.05, 3.63) is 29.3 Å². The van der Waals surface area contributed by atoms with Crippen LogP contribution in [0.2, 0.25) is 0 Å². The highest BCUT2D eigenvalue weighted by molar-refractivity contribution is 6.01. The molecule has 5 nitrogen and oxygen atoms in total. The molecule has 1 aliphatic rings. The molecule has 122 valence electrons. The molecular weight excluding hydrogens is 292 g/mol. The van der Waals surface area contributed by atoms with Crippen molar-refractivity contribution in [2.75, 3.05) is 7.11 Å². The van der Waals surface area contributed by atoms with Gasteiger partial charge in [0.25, 0.3) is 5.91 Å². The molecule has 0 bridgehead atoms. The summed E-state index contributed by atoms with van der Waals surface area (Å²) in [5, 5.41) is 21.8. The maximum Gasteiger partial charge on any atom is 0.262 e. The molecule has 1 aliphatic carbocycles. The van der Waals surface area contributed by atoms with Crippen LogP contribution in [0.15, 0.2) is 23.8 Å². The van der Waals surface area contributed by atoms with Crippen LogP contribution < -0.4 is 10.1 Å². The second-order valence-electron chi connectivity index (χ2n) is 5.94. The third-order valence-electron chi connectivity index (χ3n) is 4.31. The fourth-order valence-corrected chi connectivity index (χ4v) is 2.88. The molecule has 0 spiro atoms. The monoisotopic (exact) mass is 314 g/mol. The summed E-state index contributed by atoms with van der Waals surface area (Å²) in [5.74, 6) is 0.403. The Kier molecular flexibility index (Phi) is 5.64. The van der Waals surface area contributed by atoms with Gasteiger partial charge < -0.3 is 15.2 Å². The van der Waals surface area contributed by atoms with Crippen LogP contribution in [0.5, 0.6) is 11.5 Å². The van der Waals surface area contributed by atoms with Crippen LogP contribution in [0.4, 0.5) is 0 Å². The number of rotatable bonds is 4. The molecule has 5 heteroatoms. The second kappa shape index (κ2) is 7.68. The Hall–Kier alpha value is -2.48. The van der Waals surface area contributed by atoms with Gasteiger partial charge in [-0.2, -0.15) is 5.26 Å². The molecule has 0 saturated heterocycles. The number of benzene rings is 1. The van der Waals surface area contributed by atoms with Crippen LogP contribution in [0.1, 0.15) is 38.2 Å². The quantitative estimate of drug-likeness (QED) is 0.661. The number of methoxy groups -OCH3 is 1. The molecule has 2 N–H and O–H groups in total. The number of nitrogens with zero attached hydrogens (tertiary/aromatic N) is 1. The maximum absolute atomic E-state index is 12.3. The first-order valence-electron chi connectivity index (χ1n) is 7.84. The van der Waals surface area contributed by atoms with Crippen LogP contribution in [-0.4, -0.2) is 24.2 Å². The molecule has 2 atom stereocenters. The topological polar surface area (TPSA) is 82.3 Å². The first-order chi connectivity index (χ1) is 11.0. The van der Waals surface area contributed by atoms with E-state index in [9.17, 15) is 15.2 Å². The van der Waals surface area contributed by atoms with Crippen molar-refractivity contribution in [1.29, 1.82) is 5.26 Å². The van der Waals surface area contributed by atoms with Crippen molar-refractivity contribution in [2.24, 2.45) is 5.92 Å². The molecule has 0 radical (unpaired) electrons. The number of amides is 1. The van der Waals surface area contributed by atoms with Crippen LogP contribution in [0, 0.1) is 17.2 Å². The van der Waals surface area contributed by atoms with Crippen molar-refractivity contribution in [2.45, 2.75) is 38.6 Å². The number of carbonyl (C=O) groups excluding carboxylic acids is 1. The molecule has 1 aromatic rings. The summed E-state index contributed by atoms with van der Waals surface area (Å²) in [5.41, 5.74) is 0.679. The predicted molar refractivity (Wildman–Crippen MR) is 87.8 cm³/mol. The molecule has 1 amide bonds. The SMILES string of the molecule is COc1cc(/C=C(\C#N)C(=O)N[C@H]2CCCC[C@H]2C)ccc1O. The van der Waals surface area contributed by atoms with Gasteiger partial charge in [-0.3, -0.25) is 4.79 Å². The van der Waals surface area contributed by atoms with E-state index in [2.05, 4.69) is 12.2 Å². The molecule has 0 aromatic heterocycles. The summed E-state index contributed by atoms with van der Waals surface area (Å²) in [6.07, 6.45) is 5.87. The lowest BCUT2D eigenvalue weighted by Gasteiger charge is -2.29.